The van der Waals surface area contributed by atoms with Gasteiger partial charge in [0, 0.05) is 18.6 Å². The summed E-state index contributed by atoms with van der Waals surface area (Å²) in [6.07, 6.45) is 0.651. The quantitative estimate of drug-likeness (QED) is 0.785. The molecule has 1 fully saturated rings. The molecule has 1 saturated carbocycles. The van der Waals surface area contributed by atoms with Crippen LogP contribution in [0.15, 0.2) is 18.2 Å². The molecule has 0 aromatic heterocycles. The van der Waals surface area contributed by atoms with Gasteiger partial charge >= 0.3 is 0 Å². The van der Waals surface area contributed by atoms with E-state index in [9.17, 15) is 0 Å². The average molecular weight is 282 g/mol. The van der Waals surface area contributed by atoms with E-state index >= 15 is 0 Å². The summed E-state index contributed by atoms with van der Waals surface area (Å²) in [5.74, 6) is 0.613. The van der Waals surface area contributed by atoms with Crippen molar-refractivity contribution in [1.29, 1.82) is 0 Å². The van der Waals surface area contributed by atoms with Crippen LogP contribution in [-0.2, 0) is 4.74 Å². The van der Waals surface area contributed by atoms with Gasteiger partial charge in [-0.2, -0.15) is 0 Å². The Morgan fingerprint density at radius 3 is 2.62 bits per heavy atom. The van der Waals surface area contributed by atoms with Crippen molar-refractivity contribution in [2.75, 3.05) is 7.11 Å². The molecule has 3 unspecified atom stereocenters. The third-order valence-corrected chi connectivity index (χ3v) is 3.58. The van der Waals surface area contributed by atoms with Gasteiger partial charge in [-0.15, -0.1) is 11.6 Å². The van der Waals surface area contributed by atoms with E-state index in [4.69, 9.17) is 44.3 Å². The SMILES string of the molecule is COC1C(Cl)CC1Oc1ccc(Cl)cc1Cl. The second-order valence-corrected chi connectivity index (χ2v) is 5.09. The van der Waals surface area contributed by atoms with Crippen molar-refractivity contribution >= 4 is 34.8 Å². The van der Waals surface area contributed by atoms with Crippen molar-refractivity contribution in [3.05, 3.63) is 28.2 Å². The fourth-order valence-corrected chi connectivity index (χ4v) is 2.57. The van der Waals surface area contributed by atoms with Crippen molar-refractivity contribution < 1.29 is 9.47 Å². The van der Waals surface area contributed by atoms with Crippen molar-refractivity contribution in [2.24, 2.45) is 0 Å². The van der Waals surface area contributed by atoms with Crippen LogP contribution in [0.5, 0.6) is 5.75 Å². The van der Waals surface area contributed by atoms with E-state index in [-0.39, 0.29) is 17.6 Å². The highest BCUT2D eigenvalue weighted by molar-refractivity contribution is 6.35. The second-order valence-electron chi connectivity index (χ2n) is 3.68. The van der Waals surface area contributed by atoms with Crippen LogP contribution >= 0.6 is 34.8 Å². The number of rotatable bonds is 3. The Bertz CT molecular complexity index is 383. The zero-order valence-corrected chi connectivity index (χ0v) is 10.9. The Balaban J connectivity index is 2.04. The van der Waals surface area contributed by atoms with Crippen LogP contribution < -0.4 is 4.74 Å². The molecule has 0 radical (unpaired) electrons. The summed E-state index contributed by atoms with van der Waals surface area (Å²) in [5, 5.41) is 1.10. The molecule has 0 saturated heterocycles. The standard InChI is InChI=1S/C11H11Cl3O2/c1-15-11-8(14)5-10(11)16-9-3-2-6(12)4-7(9)13/h2-4,8,10-11H,5H2,1H3. The lowest BCUT2D eigenvalue weighted by Crippen LogP contribution is -2.52. The minimum atomic E-state index is -0.0755. The molecule has 1 aliphatic carbocycles. The lowest BCUT2D eigenvalue weighted by molar-refractivity contribution is -0.0583. The molecule has 1 aromatic carbocycles. The smallest absolute Gasteiger partial charge is 0.138 e. The van der Waals surface area contributed by atoms with Crippen molar-refractivity contribution in [3.63, 3.8) is 0 Å². The van der Waals surface area contributed by atoms with E-state index in [2.05, 4.69) is 0 Å². The third-order valence-electron chi connectivity index (χ3n) is 2.62. The molecule has 0 heterocycles. The number of hydrogen-bond donors (Lipinski definition) is 0. The van der Waals surface area contributed by atoms with Gasteiger partial charge in [0.2, 0.25) is 0 Å². The molecule has 2 nitrogen and oxygen atoms in total. The molecule has 0 bridgehead atoms. The predicted octanol–water partition coefficient (Wildman–Crippen LogP) is 3.77. The first-order valence-corrected chi connectivity index (χ1v) is 6.09. The number of methoxy groups -OCH3 is 1. The lowest BCUT2D eigenvalue weighted by Gasteiger charge is -2.39. The lowest BCUT2D eigenvalue weighted by atomic mass is 9.91. The Morgan fingerprint density at radius 1 is 1.31 bits per heavy atom. The molecular weight excluding hydrogens is 270 g/mol. The van der Waals surface area contributed by atoms with Crippen LogP contribution in [0.25, 0.3) is 0 Å². The van der Waals surface area contributed by atoms with E-state index < -0.39 is 0 Å². The van der Waals surface area contributed by atoms with Gasteiger partial charge in [0.05, 0.1) is 10.4 Å². The first-order chi connectivity index (χ1) is 7.61. The molecule has 2 rings (SSSR count). The highest BCUT2D eigenvalue weighted by atomic mass is 35.5. The molecular formula is C11H11Cl3O2. The molecule has 1 aliphatic rings. The molecule has 1 aromatic rings. The molecule has 0 amide bonds. The fourth-order valence-electron chi connectivity index (χ4n) is 1.68. The first-order valence-electron chi connectivity index (χ1n) is 4.90. The second kappa shape index (κ2) is 5.01. The third kappa shape index (κ3) is 2.40. The van der Waals surface area contributed by atoms with Gasteiger partial charge in [-0.3, -0.25) is 0 Å². The monoisotopic (exact) mass is 280 g/mol. The van der Waals surface area contributed by atoms with Gasteiger partial charge in [0.1, 0.15) is 18.0 Å². The Hall–Kier alpha value is -0.150. The van der Waals surface area contributed by atoms with Gasteiger partial charge in [-0.25, -0.2) is 0 Å². The molecule has 3 atom stereocenters. The van der Waals surface area contributed by atoms with E-state index in [1.54, 1.807) is 25.3 Å². The van der Waals surface area contributed by atoms with Crippen LogP contribution in [-0.4, -0.2) is 24.7 Å². The van der Waals surface area contributed by atoms with Crippen LogP contribution in [0.1, 0.15) is 6.42 Å². The van der Waals surface area contributed by atoms with Gasteiger partial charge in [-0.1, -0.05) is 23.2 Å². The number of hydrogen-bond acceptors (Lipinski definition) is 2. The minimum Gasteiger partial charge on any atom is -0.486 e. The summed E-state index contributed by atoms with van der Waals surface area (Å²) in [6.45, 7) is 0. The van der Waals surface area contributed by atoms with Gasteiger partial charge in [0.15, 0.2) is 0 Å². The van der Waals surface area contributed by atoms with E-state index in [1.807, 2.05) is 0 Å². The molecule has 88 valence electrons. The maximum absolute atomic E-state index is 6.00. The Kier molecular flexibility index (Phi) is 3.85. The zero-order chi connectivity index (χ0) is 11.7. The summed E-state index contributed by atoms with van der Waals surface area (Å²) in [7, 11) is 1.62. The summed E-state index contributed by atoms with van der Waals surface area (Å²) < 4.78 is 10.9. The van der Waals surface area contributed by atoms with Gasteiger partial charge in [0.25, 0.3) is 0 Å². The van der Waals surface area contributed by atoms with Crippen LogP contribution in [0, 0.1) is 0 Å². The maximum atomic E-state index is 6.00. The van der Waals surface area contributed by atoms with E-state index in [0.717, 1.165) is 6.42 Å². The van der Waals surface area contributed by atoms with Crippen molar-refractivity contribution in [2.45, 2.75) is 24.0 Å². The molecule has 0 aliphatic heterocycles. The summed E-state index contributed by atoms with van der Waals surface area (Å²) in [6, 6.07) is 5.14. The molecule has 5 heteroatoms. The summed E-state index contributed by atoms with van der Waals surface area (Å²) in [5.41, 5.74) is 0. The number of alkyl halides is 1. The van der Waals surface area contributed by atoms with Crippen LogP contribution in [0.4, 0.5) is 0 Å². The zero-order valence-electron chi connectivity index (χ0n) is 8.62. The number of benzene rings is 1. The molecule has 0 spiro atoms. The highest BCUT2D eigenvalue weighted by Gasteiger charge is 2.42. The summed E-state index contributed by atoms with van der Waals surface area (Å²) in [4.78, 5) is 0. The normalized spacial score (nSPS) is 28.6. The number of halogens is 3. The van der Waals surface area contributed by atoms with Crippen molar-refractivity contribution in [1.82, 2.24) is 0 Å². The average Bonchev–Trinajstić information content (AvgIpc) is 2.21. The van der Waals surface area contributed by atoms with E-state index in [1.165, 1.54) is 0 Å². The minimum absolute atomic E-state index is 0.0149. The van der Waals surface area contributed by atoms with Gasteiger partial charge in [-0.05, 0) is 18.2 Å². The van der Waals surface area contributed by atoms with E-state index in [0.29, 0.717) is 15.8 Å². The van der Waals surface area contributed by atoms with Gasteiger partial charge < -0.3 is 9.47 Å². The Labute approximate surface area is 109 Å². The molecule has 0 N–H and O–H groups in total. The maximum Gasteiger partial charge on any atom is 0.138 e. The first kappa shape index (κ1) is 12.3. The highest BCUT2D eigenvalue weighted by Crippen LogP contribution is 2.35. The summed E-state index contributed by atoms with van der Waals surface area (Å²) >= 11 is 17.8. The largest absolute Gasteiger partial charge is 0.486 e. The predicted molar refractivity (Wildman–Crippen MR) is 65.9 cm³/mol. The molecule has 16 heavy (non-hydrogen) atoms. The number of ether oxygens (including phenoxy) is 2. The van der Waals surface area contributed by atoms with Crippen molar-refractivity contribution in [3.8, 4) is 5.75 Å². The fraction of sp³-hybridized carbons (Fsp3) is 0.455. The van der Waals surface area contributed by atoms with Crippen LogP contribution in [0.3, 0.4) is 0 Å². The Morgan fingerprint density at radius 2 is 2.06 bits per heavy atom. The topological polar surface area (TPSA) is 18.5 Å². The van der Waals surface area contributed by atoms with Crippen LogP contribution in [0.2, 0.25) is 10.0 Å².